The molecule has 0 saturated heterocycles. The van der Waals surface area contributed by atoms with Crippen molar-refractivity contribution < 1.29 is 9.59 Å². The summed E-state index contributed by atoms with van der Waals surface area (Å²) in [6.45, 7) is 0.203. The van der Waals surface area contributed by atoms with E-state index in [9.17, 15) is 4.48 Å². The van der Waals surface area contributed by atoms with Crippen molar-refractivity contribution >= 4 is 0 Å². The maximum atomic E-state index is 12.3. The maximum Gasteiger partial charge on any atom is 0.115 e. The van der Waals surface area contributed by atoms with E-state index in [1.807, 2.05) is 0 Å². The first-order chi connectivity index (χ1) is 5.18. The predicted octanol–water partition coefficient (Wildman–Crippen LogP) is 1.71. The summed E-state index contributed by atoms with van der Waals surface area (Å²) in [6, 6.07) is 6.54. The first-order valence-electron chi connectivity index (χ1n) is 3.33. The Balaban J connectivity index is 2.71. The minimum atomic E-state index is 0.171. The van der Waals surface area contributed by atoms with Crippen molar-refractivity contribution in [2.75, 3.05) is 7.05 Å². The SMILES string of the molecule is CN(F)Cc1cccc(O)c1. The van der Waals surface area contributed by atoms with Gasteiger partial charge in [0.15, 0.2) is 0 Å². The zero-order valence-electron chi connectivity index (χ0n) is 6.29. The monoisotopic (exact) mass is 155 g/mol. The van der Waals surface area contributed by atoms with E-state index in [0.29, 0.717) is 5.12 Å². The van der Waals surface area contributed by atoms with Gasteiger partial charge in [-0.3, -0.25) is 0 Å². The smallest absolute Gasteiger partial charge is 0.115 e. The average molecular weight is 155 g/mol. The van der Waals surface area contributed by atoms with Gasteiger partial charge in [-0.25, -0.2) is 0 Å². The van der Waals surface area contributed by atoms with Gasteiger partial charge in [0.05, 0.1) is 6.54 Å². The molecule has 0 unspecified atom stereocenters. The normalized spacial score (nSPS) is 10.5. The molecule has 0 saturated carbocycles. The number of hydrogen-bond acceptors (Lipinski definition) is 2. The molecular weight excluding hydrogens is 145 g/mol. The lowest BCUT2D eigenvalue weighted by molar-refractivity contribution is 0.0505. The van der Waals surface area contributed by atoms with Crippen molar-refractivity contribution in [3.63, 3.8) is 0 Å². The Morgan fingerprint density at radius 2 is 2.27 bits per heavy atom. The van der Waals surface area contributed by atoms with E-state index < -0.39 is 0 Å². The van der Waals surface area contributed by atoms with Crippen molar-refractivity contribution in [1.82, 2.24) is 5.12 Å². The molecule has 0 atom stereocenters. The maximum absolute atomic E-state index is 12.3. The molecule has 1 N–H and O–H groups in total. The number of phenols is 1. The Morgan fingerprint density at radius 1 is 1.55 bits per heavy atom. The van der Waals surface area contributed by atoms with Crippen LogP contribution in [-0.4, -0.2) is 17.3 Å². The third-order valence-electron chi connectivity index (χ3n) is 1.31. The molecule has 0 heterocycles. The molecule has 1 rings (SSSR count). The lowest BCUT2D eigenvalue weighted by atomic mass is 10.2. The molecule has 0 aliphatic carbocycles. The molecule has 3 heteroatoms. The number of aromatic hydroxyl groups is 1. The van der Waals surface area contributed by atoms with E-state index in [2.05, 4.69) is 0 Å². The summed E-state index contributed by atoms with van der Waals surface area (Å²) in [5.74, 6) is 0.171. The summed E-state index contributed by atoms with van der Waals surface area (Å²) in [7, 11) is 1.34. The molecular formula is C8H10FNO. The molecule has 0 bridgehead atoms. The molecule has 0 fully saturated rings. The van der Waals surface area contributed by atoms with E-state index in [4.69, 9.17) is 5.11 Å². The van der Waals surface area contributed by atoms with Crippen molar-refractivity contribution in [2.45, 2.75) is 6.54 Å². The molecule has 1 aromatic rings. The summed E-state index contributed by atoms with van der Waals surface area (Å²) in [5, 5.41) is 9.55. The van der Waals surface area contributed by atoms with Crippen LogP contribution in [0.5, 0.6) is 5.75 Å². The molecule has 11 heavy (non-hydrogen) atoms. The fraction of sp³-hybridized carbons (Fsp3) is 0.250. The van der Waals surface area contributed by atoms with E-state index in [0.717, 1.165) is 5.56 Å². The van der Waals surface area contributed by atoms with Gasteiger partial charge in [-0.05, 0) is 17.7 Å². The largest absolute Gasteiger partial charge is 0.508 e. The van der Waals surface area contributed by atoms with Gasteiger partial charge in [0.2, 0.25) is 0 Å². The van der Waals surface area contributed by atoms with Crippen LogP contribution in [0.2, 0.25) is 0 Å². The first-order valence-corrected chi connectivity index (χ1v) is 3.33. The second-order valence-corrected chi connectivity index (χ2v) is 2.43. The van der Waals surface area contributed by atoms with Gasteiger partial charge in [0.1, 0.15) is 5.75 Å². The molecule has 1 aromatic carbocycles. The van der Waals surface area contributed by atoms with Crippen molar-refractivity contribution in [3.05, 3.63) is 29.8 Å². The van der Waals surface area contributed by atoms with Gasteiger partial charge in [0.25, 0.3) is 0 Å². The lowest BCUT2D eigenvalue weighted by Gasteiger charge is -2.04. The van der Waals surface area contributed by atoms with Crippen LogP contribution in [0.1, 0.15) is 5.56 Å². The summed E-state index contributed by atoms with van der Waals surface area (Å²) >= 11 is 0. The Morgan fingerprint density at radius 3 is 2.82 bits per heavy atom. The van der Waals surface area contributed by atoms with E-state index >= 15 is 0 Å². The second-order valence-electron chi connectivity index (χ2n) is 2.43. The van der Waals surface area contributed by atoms with Gasteiger partial charge in [0, 0.05) is 7.05 Å². The van der Waals surface area contributed by atoms with Crippen molar-refractivity contribution in [3.8, 4) is 5.75 Å². The summed E-state index contributed by atoms with van der Waals surface area (Å²) < 4.78 is 12.3. The quantitative estimate of drug-likeness (QED) is 0.657. The zero-order valence-corrected chi connectivity index (χ0v) is 6.29. The number of halogens is 1. The summed E-state index contributed by atoms with van der Waals surface area (Å²) in [6.07, 6.45) is 0. The number of hydrogen-bond donors (Lipinski definition) is 1. The second kappa shape index (κ2) is 3.34. The van der Waals surface area contributed by atoms with Crippen molar-refractivity contribution in [1.29, 1.82) is 0 Å². The van der Waals surface area contributed by atoms with E-state index in [-0.39, 0.29) is 12.3 Å². The van der Waals surface area contributed by atoms with Gasteiger partial charge >= 0.3 is 0 Å². The molecule has 0 aliphatic heterocycles. The predicted molar refractivity (Wildman–Crippen MR) is 40.7 cm³/mol. The van der Waals surface area contributed by atoms with Gasteiger partial charge in [-0.1, -0.05) is 12.1 Å². The topological polar surface area (TPSA) is 23.5 Å². The Labute approximate surface area is 64.8 Å². The van der Waals surface area contributed by atoms with Crippen LogP contribution < -0.4 is 0 Å². The molecule has 60 valence electrons. The Hall–Kier alpha value is -1.09. The standard InChI is InChI=1S/C8H10FNO/c1-10(9)6-7-3-2-4-8(11)5-7/h2-5,11H,6H2,1H3. The third-order valence-corrected chi connectivity index (χ3v) is 1.31. The molecule has 0 aromatic heterocycles. The van der Waals surface area contributed by atoms with Gasteiger partial charge in [-0.2, -0.15) is 0 Å². The van der Waals surface area contributed by atoms with Crippen LogP contribution in [0.25, 0.3) is 0 Å². The minimum absolute atomic E-state index is 0.171. The van der Waals surface area contributed by atoms with E-state index in [1.165, 1.54) is 13.1 Å². The van der Waals surface area contributed by atoms with E-state index in [1.54, 1.807) is 18.2 Å². The number of nitrogens with zero attached hydrogens (tertiary/aromatic N) is 1. The van der Waals surface area contributed by atoms with Gasteiger partial charge < -0.3 is 5.11 Å². The third kappa shape index (κ3) is 2.55. The highest BCUT2D eigenvalue weighted by Gasteiger charge is 1.97. The van der Waals surface area contributed by atoms with Crippen LogP contribution in [0.4, 0.5) is 4.48 Å². The molecule has 0 spiro atoms. The molecule has 2 nitrogen and oxygen atoms in total. The fourth-order valence-corrected chi connectivity index (χ4v) is 0.906. The summed E-state index contributed by atoms with van der Waals surface area (Å²) in [4.78, 5) is 0. The van der Waals surface area contributed by atoms with Gasteiger partial charge in [-0.15, -0.1) is 9.60 Å². The number of benzene rings is 1. The summed E-state index contributed by atoms with van der Waals surface area (Å²) in [5.41, 5.74) is 0.759. The molecule has 0 amide bonds. The Kier molecular flexibility index (Phi) is 2.44. The molecule has 0 aliphatic rings. The highest BCUT2D eigenvalue weighted by molar-refractivity contribution is 5.26. The van der Waals surface area contributed by atoms with Crippen LogP contribution >= 0.6 is 0 Å². The lowest BCUT2D eigenvalue weighted by Crippen LogP contribution is -2.04. The first kappa shape index (κ1) is 8.01. The Bertz CT molecular complexity index is 237. The zero-order chi connectivity index (χ0) is 8.27. The van der Waals surface area contributed by atoms with Crippen LogP contribution in [0, 0.1) is 0 Å². The fourth-order valence-electron chi connectivity index (χ4n) is 0.906. The number of phenolic OH excluding ortho intramolecular Hbond substituents is 1. The van der Waals surface area contributed by atoms with Crippen LogP contribution in [-0.2, 0) is 6.54 Å². The highest BCUT2D eigenvalue weighted by Crippen LogP contribution is 2.11. The van der Waals surface area contributed by atoms with Crippen LogP contribution in [0.15, 0.2) is 24.3 Å². The number of rotatable bonds is 2. The average Bonchev–Trinajstić information content (AvgIpc) is 1.85. The molecule has 0 radical (unpaired) electrons. The highest BCUT2D eigenvalue weighted by atomic mass is 19.2. The van der Waals surface area contributed by atoms with Crippen molar-refractivity contribution in [2.24, 2.45) is 0 Å². The van der Waals surface area contributed by atoms with Crippen LogP contribution in [0.3, 0.4) is 0 Å². The minimum Gasteiger partial charge on any atom is -0.508 e.